The first-order valence-corrected chi connectivity index (χ1v) is 10.7. The van der Waals surface area contributed by atoms with Gasteiger partial charge in [0, 0.05) is 5.56 Å². The second-order valence-corrected chi connectivity index (χ2v) is 7.18. The van der Waals surface area contributed by atoms with E-state index in [1.54, 1.807) is 49.5 Å². The van der Waals surface area contributed by atoms with Crippen LogP contribution in [-0.2, 0) is 9.53 Å². The van der Waals surface area contributed by atoms with Crippen LogP contribution in [-0.4, -0.2) is 42.2 Å². The molecule has 0 saturated heterocycles. The molecule has 0 atom stereocenters. The van der Waals surface area contributed by atoms with Gasteiger partial charge in [0.05, 0.1) is 30.8 Å². The number of hydrogen-bond donors (Lipinski definition) is 0. The van der Waals surface area contributed by atoms with E-state index in [-0.39, 0.29) is 18.8 Å². The molecule has 0 saturated carbocycles. The average molecular weight is 457 g/mol. The summed E-state index contributed by atoms with van der Waals surface area (Å²) in [6.07, 6.45) is 1.54. The number of carbonyl (C=O) groups excluding carboxylic acids is 1. The first-order chi connectivity index (χ1) is 16.6. The highest BCUT2D eigenvalue weighted by atomic mass is 16.6. The number of methoxy groups -OCH3 is 1. The van der Waals surface area contributed by atoms with Crippen LogP contribution in [0.1, 0.15) is 12.5 Å². The van der Waals surface area contributed by atoms with E-state index >= 15 is 0 Å². The molecule has 1 aromatic heterocycles. The Hall–Kier alpha value is -4.46. The minimum absolute atomic E-state index is 0.226. The lowest BCUT2D eigenvalue weighted by molar-refractivity contribution is -0.145. The molecule has 0 radical (unpaired) electrons. The maximum atomic E-state index is 13.2. The zero-order valence-electron chi connectivity index (χ0n) is 18.8. The summed E-state index contributed by atoms with van der Waals surface area (Å²) in [4.78, 5) is 29.5. The maximum absolute atomic E-state index is 13.2. The van der Waals surface area contributed by atoms with E-state index in [1.165, 1.54) is 11.8 Å². The minimum Gasteiger partial charge on any atom is -0.493 e. The monoisotopic (exact) mass is 457 g/mol. The van der Waals surface area contributed by atoms with E-state index in [1.807, 2.05) is 36.4 Å². The molecule has 0 amide bonds. The van der Waals surface area contributed by atoms with Gasteiger partial charge in [-0.15, -0.1) is 0 Å². The largest absolute Gasteiger partial charge is 0.493 e. The van der Waals surface area contributed by atoms with Crippen molar-refractivity contribution in [3.8, 4) is 22.9 Å². The minimum atomic E-state index is -0.466. The third-order valence-corrected chi connectivity index (χ3v) is 4.95. The van der Waals surface area contributed by atoms with Crippen LogP contribution < -0.4 is 15.0 Å². The van der Waals surface area contributed by atoms with Gasteiger partial charge in [0.15, 0.2) is 23.9 Å². The summed E-state index contributed by atoms with van der Waals surface area (Å²) >= 11 is 0. The van der Waals surface area contributed by atoms with Crippen LogP contribution in [0, 0.1) is 0 Å². The van der Waals surface area contributed by atoms with Gasteiger partial charge in [0.1, 0.15) is 0 Å². The Labute approximate surface area is 196 Å². The molecule has 34 heavy (non-hydrogen) atoms. The molecule has 0 aliphatic heterocycles. The Kier molecular flexibility index (Phi) is 6.98. The second-order valence-electron chi connectivity index (χ2n) is 7.18. The van der Waals surface area contributed by atoms with Crippen molar-refractivity contribution < 1.29 is 19.0 Å². The highest BCUT2D eigenvalue weighted by Gasteiger charge is 2.13. The number of esters is 1. The van der Waals surface area contributed by atoms with Crippen LogP contribution in [0.25, 0.3) is 22.3 Å². The van der Waals surface area contributed by atoms with Gasteiger partial charge in [-0.3, -0.25) is 4.79 Å². The SMILES string of the molecule is CCOC(=O)COc1ccc(C=Nn2c(-c3ccccc3)nc3ccccc3c2=O)cc1OC. The summed E-state index contributed by atoms with van der Waals surface area (Å²) < 4.78 is 17.0. The molecular weight excluding hydrogens is 434 g/mol. The van der Waals surface area contributed by atoms with Crippen LogP contribution in [0.3, 0.4) is 0 Å². The Morgan fingerprint density at radius 1 is 1.03 bits per heavy atom. The van der Waals surface area contributed by atoms with Gasteiger partial charge < -0.3 is 14.2 Å². The first-order valence-electron chi connectivity index (χ1n) is 10.7. The summed E-state index contributed by atoms with van der Waals surface area (Å²) in [5.74, 6) is 0.774. The Balaban J connectivity index is 1.70. The standard InChI is InChI=1S/C26H23N3O5/c1-3-33-24(30)17-34-22-14-13-18(15-23(22)32-2)16-27-29-25(19-9-5-4-6-10-19)28-21-12-8-7-11-20(21)26(29)31/h4-16H,3,17H2,1-2H3. The summed E-state index contributed by atoms with van der Waals surface area (Å²) in [7, 11) is 1.50. The Morgan fingerprint density at radius 3 is 2.56 bits per heavy atom. The lowest BCUT2D eigenvalue weighted by Crippen LogP contribution is -2.20. The van der Waals surface area contributed by atoms with Gasteiger partial charge in [0.2, 0.25) is 0 Å². The number of para-hydroxylation sites is 1. The molecule has 8 nitrogen and oxygen atoms in total. The van der Waals surface area contributed by atoms with Gasteiger partial charge in [0.25, 0.3) is 5.56 Å². The lowest BCUT2D eigenvalue weighted by atomic mass is 10.2. The summed E-state index contributed by atoms with van der Waals surface area (Å²) in [5.41, 5.74) is 1.76. The van der Waals surface area contributed by atoms with Crippen molar-refractivity contribution >= 4 is 23.1 Å². The van der Waals surface area contributed by atoms with Crippen LogP contribution in [0.2, 0.25) is 0 Å². The molecule has 0 bridgehead atoms. The summed E-state index contributed by atoms with van der Waals surface area (Å²) in [6.45, 7) is 1.78. The van der Waals surface area contributed by atoms with Crippen molar-refractivity contribution in [1.82, 2.24) is 9.66 Å². The van der Waals surface area contributed by atoms with E-state index < -0.39 is 5.97 Å². The fraction of sp³-hybridized carbons (Fsp3) is 0.154. The van der Waals surface area contributed by atoms with Crippen molar-refractivity contribution in [2.45, 2.75) is 6.92 Å². The predicted molar refractivity (Wildman–Crippen MR) is 130 cm³/mol. The molecule has 0 fully saturated rings. The number of fused-ring (bicyclic) bond motifs is 1. The van der Waals surface area contributed by atoms with Crippen LogP contribution >= 0.6 is 0 Å². The second kappa shape index (κ2) is 10.4. The van der Waals surface area contributed by atoms with E-state index in [4.69, 9.17) is 14.2 Å². The van der Waals surface area contributed by atoms with Crippen LogP contribution in [0.15, 0.2) is 82.7 Å². The highest BCUT2D eigenvalue weighted by Crippen LogP contribution is 2.27. The number of nitrogens with zero attached hydrogens (tertiary/aromatic N) is 3. The average Bonchev–Trinajstić information content (AvgIpc) is 2.87. The van der Waals surface area contributed by atoms with Crippen molar-refractivity contribution in [1.29, 1.82) is 0 Å². The zero-order valence-corrected chi connectivity index (χ0v) is 18.8. The normalized spacial score (nSPS) is 11.0. The summed E-state index contributed by atoms with van der Waals surface area (Å²) in [6, 6.07) is 21.7. The molecule has 3 aromatic carbocycles. The van der Waals surface area contributed by atoms with E-state index in [2.05, 4.69) is 10.1 Å². The molecule has 1 heterocycles. The zero-order chi connectivity index (χ0) is 23.9. The molecule has 0 aliphatic rings. The van der Waals surface area contributed by atoms with E-state index in [0.29, 0.717) is 33.8 Å². The van der Waals surface area contributed by atoms with Crippen molar-refractivity contribution in [2.24, 2.45) is 5.10 Å². The number of rotatable bonds is 8. The number of benzene rings is 3. The molecule has 0 N–H and O–H groups in total. The molecule has 4 rings (SSSR count). The van der Waals surface area contributed by atoms with Crippen LogP contribution in [0.4, 0.5) is 0 Å². The van der Waals surface area contributed by atoms with E-state index in [0.717, 1.165) is 5.56 Å². The summed E-state index contributed by atoms with van der Waals surface area (Å²) in [5, 5.41) is 4.92. The van der Waals surface area contributed by atoms with Gasteiger partial charge in [-0.25, -0.2) is 9.78 Å². The number of ether oxygens (including phenoxy) is 3. The molecule has 0 aliphatic carbocycles. The van der Waals surface area contributed by atoms with Crippen molar-refractivity contribution in [3.05, 3.63) is 88.7 Å². The Bertz CT molecular complexity index is 1400. The molecule has 0 unspecified atom stereocenters. The molecule has 4 aromatic rings. The van der Waals surface area contributed by atoms with Crippen molar-refractivity contribution in [2.75, 3.05) is 20.3 Å². The lowest BCUT2D eigenvalue weighted by Gasteiger charge is -2.11. The quantitative estimate of drug-likeness (QED) is 0.294. The smallest absolute Gasteiger partial charge is 0.344 e. The predicted octanol–water partition coefficient (Wildman–Crippen LogP) is 3.90. The maximum Gasteiger partial charge on any atom is 0.344 e. The number of aromatic nitrogens is 2. The molecule has 8 heteroatoms. The topological polar surface area (TPSA) is 92.0 Å². The van der Waals surface area contributed by atoms with Crippen LogP contribution in [0.5, 0.6) is 11.5 Å². The fourth-order valence-corrected chi connectivity index (χ4v) is 3.35. The molecular formula is C26H23N3O5. The fourth-order valence-electron chi connectivity index (χ4n) is 3.35. The van der Waals surface area contributed by atoms with Gasteiger partial charge in [-0.2, -0.15) is 9.78 Å². The van der Waals surface area contributed by atoms with Gasteiger partial charge >= 0.3 is 5.97 Å². The van der Waals surface area contributed by atoms with E-state index in [9.17, 15) is 9.59 Å². The van der Waals surface area contributed by atoms with Crippen molar-refractivity contribution in [3.63, 3.8) is 0 Å². The third kappa shape index (κ3) is 4.96. The van der Waals surface area contributed by atoms with Gasteiger partial charge in [-0.1, -0.05) is 42.5 Å². The number of hydrogen-bond acceptors (Lipinski definition) is 7. The highest BCUT2D eigenvalue weighted by molar-refractivity contribution is 5.83. The third-order valence-electron chi connectivity index (χ3n) is 4.95. The Morgan fingerprint density at radius 2 is 1.79 bits per heavy atom. The first kappa shape index (κ1) is 22.7. The van der Waals surface area contributed by atoms with Gasteiger partial charge in [-0.05, 0) is 42.8 Å². The number of carbonyl (C=O) groups is 1. The molecule has 0 spiro atoms. The molecule has 172 valence electrons.